The largest absolute Gasteiger partial charge is 0.493 e. The number of nitrogens with one attached hydrogen (secondary N) is 1. The van der Waals surface area contributed by atoms with Crippen molar-refractivity contribution in [1.29, 1.82) is 0 Å². The summed E-state index contributed by atoms with van der Waals surface area (Å²) in [7, 11) is 6.58. The first kappa shape index (κ1) is 27.4. The standard InChI is InChI=1S/C31H34N6O5/c1-19-11-21-13-27(40-4)28(41-5)14-22(21)17-36(19)18-23-16-33-31(32-15-20-8-9-24(38-2)26(12-20)39-3)37-30(23)34-29(35-37)25-7-6-10-42-25/h6-10,12-14,16,19H,11,15,17-18H2,1-5H3,(H,32,33). The lowest BCUT2D eigenvalue weighted by molar-refractivity contribution is 0.175. The van der Waals surface area contributed by atoms with E-state index >= 15 is 0 Å². The third-order valence-corrected chi connectivity index (χ3v) is 7.67. The van der Waals surface area contributed by atoms with Crippen molar-refractivity contribution >= 4 is 11.6 Å². The monoisotopic (exact) mass is 570 g/mol. The van der Waals surface area contributed by atoms with Crippen LogP contribution >= 0.6 is 0 Å². The van der Waals surface area contributed by atoms with E-state index in [4.69, 9.17) is 38.4 Å². The molecule has 1 N–H and O–H groups in total. The Balaban J connectivity index is 1.30. The minimum Gasteiger partial charge on any atom is -0.493 e. The molecule has 3 aromatic heterocycles. The summed E-state index contributed by atoms with van der Waals surface area (Å²) >= 11 is 0. The summed E-state index contributed by atoms with van der Waals surface area (Å²) in [6.07, 6.45) is 4.39. The number of aromatic nitrogens is 4. The van der Waals surface area contributed by atoms with E-state index in [0.717, 1.165) is 41.2 Å². The van der Waals surface area contributed by atoms with Gasteiger partial charge in [0.15, 0.2) is 34.4 Å². The van der Waals surface area contributed by atoms with Crippen molar-refractivity contribution in [2.45, 2.75) is 39.0 Å². The number of benzene rings is 2. The molecule has 0 saturated heterocycles. The fourth-order valence-electron chi connectivity index (χ4n) is 5.39. The van der Waals surface area contributed by atoms with Crippen LogP contribution in [0.1, 0.15) is 29.2 Å². The summed E-state index contributed by atoms with van der Waals surface area (Å²) in [6.45, 7) is 4.16. The molecule has 0 saturated carbocycles. The van der Waals surface area contributed by atoms with Gasteiger partial charge in [0.1, 0.15) is 0 Å². The quantitative estimate of drug-likeness (QED) is 0.247. The van der Waals surface area contributed by atoms with Gasteiger partial charge in [0.2, 0.25) is 11.8 Å². The van der Waals surface area contributed by atoms with Crippen LogP contribution in [0.4, 0.5) is 5.95 Å². The van der Waals surface area contributed by atoms with Crippen LogP contribution < -0.4 is 24.3 Å². The van der Waals surface area contributed by atoms with Crippen LogP contribution in [-0.2, 0) is 26.1 Å². The van der Waals surface area contributed by atoms with Crippen molar-refractivity contribution in [3.05, 3.63) is 77.2 Å². The van der Waals surface area contributed by atoms with Gasteiger partial charge in [-0.15, -0.1) is 5.10 Å². The Morgan fingerprint density at radius 2 is 1.67 bits per heavy atom. The highest BCUT2D eigenvalue weighted by Gasteiger charge is 2.26. The number of methoxy groups -OCH3 is 4. The molecule has 1 aliphatic heterocycles. The smallest absolute Gasteiger partial charge is 0.226 e. The molecule has 0 fully saturated rings. The summed E-state index contributed by atoms with van der Waals surface area (Å²) in [5, 5.41) is 8.18. The van der Waals surface area contributed by atoms with E-state index in [0.29, 0.717) is 48.2 Å². The minimum atomic E-state index is 0.297. The average molecular weight is 571 g/mol. The molecule has 1 atom stereocenters. The van der Waals surface area contributed by atoms with Gasteiger partial charge in [-0.25, -0.2) is 9.97 Å². The van der Waals surface area contributed by atoms with Crippen LogP contribution in [0.2, 0.25) is 0 Å². The number of anilines is 1. The number of nitrogens with zero attached hydrogens (tertiary/aromatic N) is 5. The molecule has 11 heteroatoms. The van der Waals surface area contributed by atoms with Crippen LogP contribution in [0.3, 0.4) is 0 Å². The molecule has 218 valence electrons. The van der Waals surface area contributed by atoms with Gasteiger partial charge < -0.3 is 28.7 Å². The third kappa shape index (κ3) is 5.18. The molecule has 11 nitrogen and oxygen atoms in total. The molecule has 5 aromatic rings. The van der Waals surface area contributed by atoms with Gasteiger partial charge in [-0.05, 0) is 66.4 Å². The number of ether oxygens (including phenoxy) is 4. The Morgan fingerprint density at radius 1 is 0.929 bits per heavy atom. The Labute approximate surface area is 244 Å². The van der Waals surface area contributed by atoms with Gasteiger partial charge in [-0.2, -0.15) is 4.52 Å². The fraction of sp³-hybridized carbons (Fsp3) is 0.323. The summed E-state index contributed by atoms with van der Waals surface area (Å²) in [6, 6.07) is 13.9. The van der Waals surface area contributed by atoms with Crippen molar-refractivity contribution in [1.82, 2.24) is 24.5 Å². The normalized spacial score (nSPS) is 14.9. The number of hydrogen-bond acceptors (Lipinski definition) is 10. The second-order valence-electron chi connectivity index (χ2n) is 10.2. The van der Waals surface area contributed by atoms with E-state index in [1.54, 1.807) is 39.2 Å². The van der Waals surface area contributed by atoms with Crippen LogP contribution in [0.25, 0.3) is 17.2 Å². The fourth-order valence-corrected chi connectivity index (χ4v) is 5.39. The van der Waals surface area contributed by atoms with Crippen molar-refractivity contribution in [2.75, 3.05) is 33.8 Å². The Morgan fingerprint density at radius 3 is 2.38 bits per heavy atom. The van der Waals surface area contributed by atoms with E-state index in [1.807, 2.05) is 36.5 Å². The van der Waals surface area contributed by atoms with Gasteiger partial charge >= 0.3 is 0 Å². The molecule has 4 heterocycles. The third-order valence-electron chi connectivity index (χ3n) is 7.67. The lowest BCUT2D eigenvalue weighted by Crippen LogP contribution is -2.38. The first-order valence-electron chi connectivity index (χ1n) is 13.7. The first-order valence-corrected chi connectivity index (χ1v) is 13.7. The van der Waals surface area contributed by atoms with E-state index in [1.165, 1.54) is 11.1 Å². The number of furan rings is 1. The van der Waals surface area contributed by atoms with Crippen LogP contribution in [0.15, 0.2) is 59.3 Å². The van der Waals surface area contributed by atoms with Gasteiger partial charge in [-0.3, -0.25) is 4.90 Å². The highest BCUT2D eigenvalue weighted by Crippen LogP contribution is 2.35. The SMILES string of the molecule is COc1ccc(CNc2ncc(CN3Cc4cc(OC)c(OC)cc4CC3C)c3nc(-c4ccco4)nn23)cc1OC. The molecule has 1 aliphatic rings. The summed E-state index contributed by atoms with van der Waals surface area (Å²) in [4.78, 5) is 12.1. The molecule has 0 bridgehead atoms. The molecule has 0 radical (unpaired) electrons. The molecule has 2 aromatic carbocycles. The molecule has 0 amide bonds. The van der Waals surface area contributed by atoms with E-state index in [9.17, 15) is 0 Å². The van der Waals surface area contributed by atoms with Crippen molar-refractivity contribution in [3.8, 4) is 34.6 Å². The van der Waals surface area contributed by atoms with Gasteiger partial charge in [0.05, 0.1) is 34.7 Å². The summed E-state index contributed by atoms with van der Waals surface area (Å²) in [5.74, 6) is 4.50. The molecule has 0 spiro atoms. The maximum atomic E-state index is 5.61. The Hall–Kier alpha value is -4.77. The van der Waals surface area contributed by atoms with Crippen molar-refractivity contribution in [2.24, 2.45) is 0 Å². The number of hydrogen-bond donors (Lipinski definition) is 1. The Bertz CT molecular complexity index is 1700. The maximum Gasteiger partial charge on any atom is 0.226 e. The highest BCUT2D eigenvalue weighted by atomic mass is 16.5. The summed E-state index contributed by atoms with van der Waals surface area (Å²) in [5.41, 5.74) is 5.19. The van der Waals surface area contributed by atoms with Gasteiger partial charge in [0, 0.05) is 37.4 Å². The molecule has 1 unspecified atom stereocenters. The zero-order valence-electron chi connectivity index (χ0n) is 24.4. The topological polar surface area (TPSA) is 108 Å². The molecule has 0 aliphatic carbocycles. The maximum absolute atomic E-state index is 5.61. The van der Waals surface area contributed by atoms with Crippen molar-refractivity contribution in [3.63, 3.8) is 0 Å². The molecule has 6 rings (SSSR count). The predicted octanol–water partition coefficient (Wildman–Crippen LogP) is 4.98. The van der Waals surface area contributed by atoms with Gasteiger partial charge in [0.25, 0.3) is 0 Å². The Kier molecular flexibility index (Phi) is 7.58. The zero-order chi connectivity index (χ0) is 29.2. The first-order chi connectivity index (χ1) is 20.5. The summed E-state index contributed by atoms with van der Waals surface area (Å²) < 4.78 is 29.3. The van der Waals surface area contributed by atoms with E-state index in [2.05, 4.69) is 29.3 Å². The van der Waals surface area contributed by atoms with E-state index in [-0.39, 0.29) is 0 Å². The van der Waals surface area contributed by atoms with Crippen LogP contribution in [0.5, 0.6) is 23.0 Å². The van der Waals surface area contributed by atoms with Crippen molar-refractivity contribution < 1.29 is 23.4 Å². The van der Waals surface area contributed by atoms with Crippen LogP contribution in [-0.4, -0.2) is 59.0 Å². The predicted molar refractivity (Wildman–Crippen MR) is 157 cm³/mol. The van der Waals surface area contributed by atoms with Gasteiger partial charge in [-0.1, -0.05) is 6.07 Å². The lowest BCUT2D eigenvalue weighted by Gasteiger charge is -2.35. The second kappa shape index (κ2) is 11.6. The lowest BCUT2D eigenvalue weighted by atomic mass is 9.93. The highest BCUT2D eigenvalue weighted by molar-refractivity contribution is 5.58. The van der Waals surface area contributed by atoms with Crippen LogP contribution in [0, 0.1) is 0 Å². The molecule has 42 heavy (non-hydrogen) atoms. The molecular formula is C31H34N6O5. The average Bonchev–Trinajstić information content (AvgIpc) is 3.71. The number of rotatable bonds is 10. The second-order valence-corrected chi connectivity index (χ2v) is 10.2. The number of fused-ring (bicyclic) bond motifs is 2. The zero-order valence-corrected chi connectivity index (χ0v) is 24.4. The molecular weight excluding hydrogens is 536 g/mol. The van der Waals surface area contributed by atoms with E-state index < -0.39 is 0 Å². The minimum absolute atomic E-state index is 0.297.